The van der Waals surface area contributed by atoms with E-state index in [-0.39, 0.29) is 0 Å². The lowest BCUT2D eigenvalue weighted by molar-refractivity contribution is 1.08. The lowest BCUT2D eigenvalue weighted by Crippen LogP contribution is -2.01. The van der Waals surface area contributed by atoms with Crippen LogP contribution in [0.3, 0.4) is 0 Å². The van der Waals surface area contributed by atoms with Crippen molar-refractivity contribution in [3.63, 3.8) is 0 Å². The van der Waals surface area contributed by atoms with E-state index in [1.807, 2.05) is 0 Å². The number of para-hydroxylation sites is 1. The second-order valence-electron chi connectivity index (χ2n) is 14.4. The molecule has 4 nitrogen and oxygen atoms in total. The van der Waals surface area contributed by atoms with E-state index in [1.54, 1.807) is 22.7 Å². The minimum atomic E-state index is 0.644. The van der Waals surface area contributed by atoms with Crippen LogP contribution < -0.4 is 0 Å². The Morgan fingerprint density at radius 3 is 1.79 bits per heavy atom. The molecule has 0 saturated carbocycles. The normalized spacial score (nSPS) is 11.9. The Bertz CT molecular complexity index is 3520. The van der Waals surface area contributed by atoms with Gasteiger partial charge in [-0.2, -0.15) is 0 Å². The third kappa shape index (κ3) is 5.15. The molecule has 6 heteroatoms. The Labute approximate surface area is 335 Å². The molecule has 0 aliphatic heterocycles. The van der Waals surface area contributed by atoms with E-state index in [2.05, 4.69) is 187 Å². The third-order valence-electron chi connectivity index (χ3n) is 11.1. The van der Waals surface area contributed by atoms with Crippen molar-refractivity contribution in [2.45, 2.75) is 0 Å². The maximum Gasteiger partial charge on any atom is 0.165 e. The maximum atomic E-state index is 5.30. The Kier molecular flexibility index (Phi) is 7.24. The molecule has 0 fully saturated rings. The molecule has 0 bridgehead atoms. The van der Waals surface area contributed by atoms with Crippen LogP contribution in [0.25, 0.3) is 113 Å². The molecule has 266 valence electrons. The number of thiophene rings is 2. The van der Waals surface area contributed by atoms with Gasteiger partial charge in [0.05, 0.1) is 11.0 Å². The van der Waals surface area contributed by atoms with Gasteiger partial charge in [0.1, 0.15) is 0 Å². The molecule has 4 heterocycles. The highest BCUT2D eigenvalue weighted by molar-refractivity contribution is 7.26. The van der Waals surface area contributed by atoms with Crippen molar-refractivity contribution in [2.24, 2.45) is 0 Å². The van der Waals surface area contributed by atoms with Gasteiger partial charge in [0.25, 0.3) is 0 Å². The molecule has 8 aromatic carbocycles. The molecule has 4 aromatic heterocycles. The van der Waals surface area contributed by atoms with Gasteiger partial charge in [0.2, 0.25) is 0 Å². The molecule has 0 atom stereocenters. The fourth-order valence-electron chi connectivity index (χ4n) is 8.45. The lowest BCUT2D eigenvalue weighted by atomic mass is 10.0. The summed E-state index contributed by atoms with van der Waals surface area (Å²) in [6.07, 6.45) is 0. The van der Waals surface area contributed by atoms with Crippen LogP contribution in [0.5, 0.6) is 0 Å². The summed E-state index contributed by atoms with van der Waals surface area (Å²) in [6, 6.07) is 64.9. The maximum absolute atomic E-state index is 5.30. The summed E-state index contributed by atoms with van der Waals surface area (Å²) in [4.78, 5) is 15.8. The van der Waals surface area contributed by atoms with Crippen LogP contribution in [0, 0.1) is 0 Å². The van der Waals surface area contributed by atoms with Crippen LogP contribution >= 0.6 is 22.7 Å². The van der Waals surface area contributed by atoms with Gasteiger partial charge in [-0.1, -0.05) is 115 Å². The second kappa shape index (κ2) is 12.8. The van der Waals surface area contributed by atoms with Gasteiger partial charge in [-0.25, -0.2) is 15.0 Å². The van der Waals surface area contributed by atoms with Gasteiger partial charge in [-0.3, -0.25) is 0 Å². The average Bonchev–Trinajstić information content (AvgIpc) is 3.96. The molecule has 0 radical (unpaired) electrons. The number of rotatable bonds is 5. The van der Waals surface area contributed by atoms with E-state index in [9.17, 15) is 0 Å². The summed E-state index contributed by atoms with van der Waals surface area (Å²) >= 11 is 3.60. The van der Waals surface area contributed by atoms with E-state index in [4.69, 9.17) is 15.0 Å². The molecule has 0 amide bonds. The second-order valence-corrected chi connectivity index (χ2v) is 16.5. The van der Waals surface area contributed by atoms with E-state index < -0.39 is 0 Å². The number of fused-ring (bicyclic) bond motifs is 9. The number of nitrogens with zero attached hydrogens (tertiary/aromatic N) is 4. The first kappa shape index (κ1) is 32.3. The molecule has 12 rings (SSSR count). The SMILES string of the molecule is c1ccc(-c2ccc3c(c2)c2ccccc2n3-c2ccc(-c3nc(-c4cccc5c4sc4ccccc45)nc(-c4cccc5sc6ccccc6c45)n3)cc2)cc1. The predicted molar refractivity (Wildman–Crippen MR) is 242 cm³/mol. The fourth-order valence-corrected chi connectivity index (χ4v) is 10.8. The van der Waals surface area contributed by atoms with Crippen LogP contribution in [0.15, 0.2) is 182 Å². The van der Waals surface area contributed by atoms with Crippen LogP contribution in [0.4, 0.5) is 0 Å². The minimum absolute atomic E-state index is 0.644. The van der Waals surface area contributed by atoms with Gasteiger partial charge >= 0.3 is 0 Å². The van der Waals surface area contributed by atoms with Crippen LogP contribution in [0.1, 0.15) is 0 Å². The van der Waals surface area contributed by atoms with Crippen LogP contribution in [-0.4, -0.2) is 19.5 Å². The quantitative estimate of drug-likeness (QED) is 0.175. The molecule has 0 spiro atoms. The van der Waals surface area contributed by atoms with Crippen LogP contribution in [-0.2, 0) is 0 Å². The summed E-state index contributed by atoms with van der Waals surface area (Å²) in [7, 11) is 0. The van der Waals surface area contributed by atoms with Crippen molar-refractivity contribution >= 4 is 84.8 Å². The van der Waals surface area contributed by atoms with Crippen molar-refractivity contribution in [1.82, 2.24) is 19.5 Å². The van der Waals surface area contributed by atoms with Crippen molar-refractivity contribution in [2.75, 3.05) is 0 Å². The zero-order chi connectivity index (χ0) is 37.5. The molecule has 0 saturated heterocycles. The predicted octanol–water partition coefficient (Wildman–Crippen LogP) is 14.4. The van der Waals surface area contributed by atoms with Gasteiger partial charge < -0.3 is 4.57 Å². The van der Waals surface area contributed by atoms with Crippen molar-refractivity contribution in [3.05, 3.63) is 182 Å². The highest BCUT2D eigenvalue weighted by atomic mass is 32.1. The van der Waals surface area contributed by atoms with Crippen LogP contribution in [0.2, 0.25) is 0 Å². The van der Waals surface area contributed by atoms with Gasteiger partial charge in [0.15, 0.2) is 17.5 Å². The van der Waals surface area contributed by atoms with E-state index in [0.717, 1.165) is 22.4 Å². The third-order valence-corrected chi connectivity index (χ3v) is 13.4. The first-order chi connectivity index (χ1) is 28.2. The first-order valence-electron chi connectivity index (χ1n) is 19.0. The number of hydrogen-bond donors (Lipinski definition) is 0. The zero-order valence-corrected chi connectivity index (χ0v) is 32.1. The fraction of sp³-hybridized carbons (Fsp3) is 0. The van der Waals surface area contributed by atoms with Crippen molar-refractivity contribution in [3.8, 4) is 51.0 Å². The largest absolute Gasteiger partial charge is 0.309 e. The van der Waals surface area contributed by atoms with E-state index >= 15 is 0 Å². The Balaban J connectivity index is 1.04. The van der Waals surface area contributed by atoms with Gasteiger partial charge in [0, 0.05) is 73.5 Å². The molecular formula is C51H30N4S2. The topological polar surface area (TPSA) is 43.6 Å². The molecule has 12 aromatic rings. The highest BCUT2D eigenvalue weighted by Gasteiger charge is 2.20. The summed E-state index contributed by atoms with van der Waals surface area (Å²) in [5.41, 5.74) is 8.79. The molecule has 0 aliphatic rings. The summed E-state index contributed by atoms with van der Waals surface area (Å²) in [5, 5.41) is 7.32. The van der Waals surface area contributed by atoms with E-state index in [1.165, 1.54) is 73.3 Å². The molecule has 0 N–H and O–H groups in total. The molecule has 57 heavy (non-hydrogen) atoms. The van der Waals surface area contributed by atoms with E-state index in [0.29, 0.717) is 17.5 Å². The number of hydrogen-bond acceptors (Lipinski definition) is 5. The number of benzene rings is 8. The molecule has 0 aliphatic carbocycles. The minimum Gasteiger partial charge on any atom is -0.309 e. The Morgan fingerprint density at radius 2 is 0.947 bits per heavy atom. The monoisotopic (exact) mass is 762 g/mol. The van der Waals surface area contributed by atoms with Crippen molar-refractivity contribution < 1.29 is 0 Å². The highest BCUT2D eigenvalue weighted by Crippen LogP contribution is 2.42. The molecular weight excluding hydrogens is 733 g/mol. The van der Waals surface area contributed by atoms with Crippen molar-refractivity contribution in [1.29, 1.82) is 0 Å². The summed E-state index contributed by atoms with van der Waals surface area (Å²) in [6.45, 7) is 0. The van der Waals surface area contributed by atoms with Gasteiger partial charge in [-0.05, 0) is 77.9 Å². The average molecular weight is 763 g/mol. The molecule has 0 unspecified atom stereocenters. The summed E-state index contributed by atoms with van der Waals surface area (Å²) < 4.78 is 7.26. The zero-order valence-electron chi connectivity index (χ0n) is 30.4. The Morgan fingerprint density at radius 1 is 0.351 bits per heavy atom. The van der Waals surface area contributed by atoms with Gasteiger partial charge in [-0.15, -0.1) is 22.7 Å². The first-order valence-corrected chi connectivity index (χ1v) is 20.7. The standard InChI is InChI=1S/C51H30N4S2/c1-2-12-31(13-3-1)33-26-29-43-41(30-33)35-14-4-7-20-42(35)55(43)34-27-24-32(25-28-34)49-52-50(39-18-11-23-46-47(39)38-16-6-9-22-45(38)56-46)54-51(53-49)40-19-10-17-37-36-15-5-8-21-44(36)57-48(37)40/h1-30H. The smallest absolute Gasteiger partial charge is 0.165 e. The summed E-state index contributed by atoms with van der Waals surface area (Å²) in [5.74, 6) is 1.98. The lowest BCUT2D eigenvalue weighted by Gasteiger charge is -2.12. The Hall–Kier alpha value is -6.99. The number of aromatic nitrogens is 4.